The van der Waals surface area contributed by atoms with Crippen LogP contribution in [0.1, 0.15) is 30.9 Å². The number of rotatable bonds is 6. The maximum absolute atomic E-state index is 11.9. The van der Waals surface area contributed by atoms with Crippen molar-refractivity contribution in [3.8, 4) is 0 Å². The fourth-order valence-electron chi connectivity index (χ4n) is 2.22. The van der Waals surface area contributed by atoms with Crippen LogP contribution in [0.5, 0.6) is 0 Å². The molecule has 0 fully saturated rings. The molecule has 4 nitrogen and oxygen atoms in total. The molecule has 2 amide bonds. The van der Waals surface area contributed by atoms with E-state index in [4.69, 9.17) is 11.6 Å². The van der Waals surface area contributed by atoms with Gasteiger partial charge in [-0.05, 0) is 42.2 Å². The molecule has 2 N–H and O–H groups in total. The van der Waals surface area contributed by atoms with Crippen LogP contribution in [-0.2, 0) is 22.6 Å². The summed E-state index contributed by atoms with van der Waals surface area (Å²) in [5.41, 5.74) is 2.59. The number of carbonyl (C=O) groups is 2. The first-order valence-electron chi connectivity index (χ1n) is 8.01. The molecule has 24 heavy (non-hydrogen) atoms. The van der Waals surface area contributed by atoms with Crippen molar-refractivity contribution in [1.82, 2.24) is 5.32 Å². The van der Waals surface area contributed by atoms with Crippen LogP contribution in [0.25, 0.3) is 0 Å². The fraction of sp³-hybridized carbons (Fsp3) is 0.263. The summed E-state index contributed by atoms with van der Waals surface area (Å²) >= 11 is 6.02. The molecule has 0 aliphatic carbocycles. The van der Waals surface area contributed by atoms with Crippen molar-refractivity contribution >= 4 is 29.1 Å². The summed E-state index contributed by atoms with van der Waals surface area (Å²) in [6.07, 6.45) is 3.29. The van der Waals surface area contributed by atoms with Gasteiger partial charge in [0, 0.05) is 17.3 Å². The first kappa shape index (κ1) is 18.0. The van der Waals surface area contributed by atoms with Gasteiger partial charge in [-0.25, -0.2) is 0 Å². The van der Waals surface area contributed by atoms with E-state index in [9.17, 15) is 9.59 Å². The van der Waals surface area contributed by atoms with Crippen molar-refractivity contribution in [2.45, 2.75) is 32.7 Å². The minimum absolute atomic E-state index is 0.210. The second-order valence-electron chi connectivity index (χ2n) is 5.53. The average molecular weight is 345 g/mol. The van der Waals surface area contributed by atoms with Crippen molar-refractivity contribution in [2.75, 3.05) is 5.32 Å². The molecule has 2 aromatic carbocycles. The Hall–Kier alpha value is -2.33. The van der Waals surface area contributed by atoms with E-state index in [-0.39, 0.29) is 6.54 Å². The zero-order chi connectivity index (χ0) is 17.4. The summed E-state index contributed by atoms with van der Waals surface area (Å²) in [7, 11) is 0. The van der Waals surface area contributed by atoms with Crippen LogP contribution in [0.15, 0.2) is 48.5 Å². The van der Waals surface area contributed by atoms with Gasteiger partial charge in [-0.15, -0.1) is 0 Å². The molecular weight excluding hydrogens is 324 g/mol. The van der Waals surface area contributed by atoms with Crippen LogP contribution in [0.4, 0.5) is 5.69 Å². The zero-order valence-corrected chi connectivity index (χ0v) is 14.4. The SMILES string of the molecule is CCCCc1ccc(NC(=O)C(=O)NCc2ccccc2Cl)cc1. The molecule has 126 valence electrons. The van der Waals surface area contributed by atoms with Crippen LogP contribution in [0.3, 0.4) is 0 Å². The van der Waals surface area contributed by atoms with E-state index in [1.165, 1.54) is 5.56 Å². The quantitative estimate of drug-likeness (QED) is 0.780. The Morgan fingerprint density at radius 1 is 1.00 bits per heavy atom. The highest BCUT2D eigenvalue weighted by molar-refractivity contribution is 6.39. The number of nitrogens with one attached hydrogen (secondary N) is 2. The van der Waals surface area contributed by atoms with Gasteiger partial charge in [-0.1, -0.05) is 55.3 Å². The predicted octanol–water partition coefficient (Wildman–Crippen LogP) is 3.94. The summed E-state index contributed by atoms with van der Waals surface area (Å²) in [6, 6.07) is 14.7. The van der Waals surface area contributed by atoms with Crippen molar-refractivity contribution in [3.05, 3.63) is 64.7 Å². The Bertz CT molecular complexity index is 699. The molecule has 0 heterocycles. The predicted molar refractivity (Wildman–Crippen MR) is 97.0 cm³/mol. The van der Waals surface area contributed by atoms with Gasteiger partial charge in [-0.3, -0.25) is 9.59 Å². The molecule has 0 aliphatic rings. The molecule has 2 rings (SSSR count). The van der Waals surface area contributed by atoms with Gasteiger partial charge in [0.25, 0.3) is 0 Å². The molecular formula is C19H21ClN2O2. The first-order valence-corrected chi connectivity index (χ1v) is 8.39. The van der Waals surface area contributed by atoms with Gasteiger partial charge >= 0.3 is 11.8 Å². The van der Waals surface area contributed by atoms with Gasteiger partial charge in [-0.2, -0.15) is 0 Å². The van der Waals surface area contributed by atoms with E-state index in [2.05, 4.69) is 17.6 Å². The third-order valence-corrected chi connectivity index (χ3v) is 4.00. The topological polar surface area (TPSA) is 58.2 Å². The lowest BCUT2D eigenvalue weighted by Gasteiger charge is -2.08. The summed E-state index contributed by atoms with van der Waals surface area (Å²) < 4.78 is 0. The Morgan fingerprint density at radius 3 is 2.38 bits per heavy atom. The minimum atomic E-state index is -0.691. The van der Waals surface area contributed by atoms with Crippen LogP contribution < -0.4 is 10.6 Å². The number of amides is 2. The first-order chi connectivity index (χ1) is 11.6. The minimum Gasteiger partial charge on any atom is -0.344 e. The van der Waals surface area contributed by atoms with E-state index >= 15 is 0 Å². The molecule has 5 heteroatoms. The average Bonchev–Trinajstić information content (AvgIpc) is 2.60. The Balaban J connectivity index is 1.85. The second kappa shape index (κ2) is 9.08. The normalized spacial score (nSPS) is 10.2. The van der Waals surface area contributed by atoms with Crippen molar-refractivity contribution in [1.29, 1.82) is 0 Å². The molecule has 0 unspecified atom stereocenters. The molecule has 0 bridgehead atoms. The molecule has 0 saturated heterocycles. The Morgan fingerprint density at radius 2 is 1.71 bits per heavy atom. The van der Waals surface area contributed by atoms with E-state index < -0.39 is 11.8 Å². The molecule has 0 spiro atoms. The Kier molecular flexibility index (Phi) is 6.82. The highest BCUT2D eigenvalue weighted by Gasteiger charge is 2.13. The highest BCUT2D eigenvalue weighted by atomic mass is 35.5. The van der Waals surface area contributed by atoms with Gasteiger partial charge < -0.3 is 10.6 Å². The highest BCUT2D eigenvalue weighted by Crippen LogP contribution is 2.14. The van der Waals surface area contributed by atoms with Crippen molar-refractivity contribution < 1.29 is 9.59 Å². The number of hydrogen-bond acceptors (Lipinski definition) is 2. The fourth-order valence-corrected chi connectivity index (χ4v) is 2.42. The lowest BCUT2D eigenvalue weighted by molar-refractivity contribution is -0.136. The molecule has 0 radical (unpaired) electrons. The van der Waals surface area contributed by atoms with Crippen LogP contribution in [-0.4, -0.2) is 11.8 Å². The smallest absolute Gasteiger partial charge is 0.313 e. The molecule has 0 aromatic heterocycles. The largest absolute Gasteiger partial charge is 0.344 e. The maximum Gasteiger partial charge on any atom is 0.313 e. The molecule has 0 atom stereocenters. The lowest BCUT2D eigenvalue weighted by atomic mass is 10.1. The number of anilines is 1. The van der Waals surface area contributed by atoms with Crippen molar-refractivity contribution in [3.63, 3.8) is 0 Å². The van der Waals surface area contributed by atoms with E-state index in [0.29, 0.717) is 10.7 Å². The number of aryl methyl sites for hydroxylation is 1. The van der Waals surface area contributed by atoms with Crippen LogP contribution in [0, 0.1) is 0 Å². The summed E-state index contributed by atoms with van der Waals surface area (Å²) in [5, 5.41) is 5.71. The van der Waals surface area contributed by atoms with Gasteiger partial charge in [0.15, 0.2) is 0 Å². The summed E-state index contributed by atoms with van der Waals surface area (Å²) in [4.78, 5) is 23.8. The van der Waals surface area contributed by atoms with Gasteiger partial charge in [0.1, 0.15) is 0 Å². The van der Waals surface area contributed by atoms with Gasteiger partial charge in [0.05, 0.1) is 0 Å². The zero-order valence-electron chi connectivity index (χ0n) is 13.6. The van der Waals surface area contributed by atoms with Gasteiger partial charge in [0.2, 0.25) is 0 Å². The molecule has 2 aromatic rings. The number of carbonyl (C=O) groups excluding carboxylic acids is 2. The Labute approximate surface area is 147 Å². The monoisotopic (exact) mass is 344 g/mol. The summed E-state index contributed by atoms with van der Waals surface area (Å²) in [6.45, 7) is 2.36. The molecule has 0 saturated carbocycles. The number of unbranched alkanes of at least 4 members (excludes halogenated alkanes) is 1. The third-order valence-electron chi connectivity index (χ3n) is 3.63. The van der Waals surface area contributed by atoms with Crippen LogP contribution in [0.2, 0.25) is 5.02 Å². The summed E-state index contributed by atoms with van der Waals surface area (Å²) in [5.74, 6) is -1.38. The lowest BCUT2D eigenvalue weighted by Crippen LogP contribution is -2.35. The van der Waals surface area contributed by atoms with Crippen molar-refractivity contribution in [2.24, 2.45) is 0 Å². The standard InChI is InChI=1S/C19H21ClN2O2/c1-2-3-6-14-9-11-16(12-10-14)22-19(24)18(23)21-13-15-7-4-5-8-17(15)20/h4-5,7-12H,2-3,6,13H2,1H3,(H,21,23)(H,22,24). The number of benzene rings is 2. The number of hydrogen-bond donors (Lipinski definition) is 2. The van der Waals surface area contributed by atoms with E-state index in [0.717, 1.165) is 24.8 Å². The van der Waals surface area contributed by atoms with E-state index in [1.807, 2.05) is 36.4 Å². The maximum atomic E-state index is 11.9. The third kappa shape index (κ3) is 5.39. The molecule has 0 aliphatic heterocycles. The second-order valence-corrected chi connectivity index (χ2v) is 5.94. The van der Waals surface area contributed by atoms with E-state index in [1.54, 1.807) is 12.1 Å². The van der Waals surface area contributed by atoms with Crippen LogP contribution >= 0.6 is 11.6 Å². The number of halogens is 1.